The van der Waals surface area contributed by atoms with Crippen molar-refractivity contribution in [1.29, 1.82) is 0 Å². The fourth-order valence-electron chi connectivity index (χ4n) is 2.71. The fraction of sp³-hybridized carbons (Fsp3) is 0.0476. The van der Waals surface area contributed by atoms with Gasteiger partial charge in [0.25, 0.3) is 0 Å². The van der Waals surface area contributed by atoms with Crippen LogP contribution in [0.2, 0.25) is 10.0 Å². The highest BCUT2D eigenvalue weighted by atomic mass is 35.5. The van der Waals surface area contributed by atoms with Crippen LogP contribution in [0.3, 0.4) is 0 Å². The van der Waals surface area contributed by atoms with E-state index in [1.807, 2.05) is 24.3 Å². The first kappa shape index (κ1) is 19.0. The molecule has 0 heterocycles. The average Bonchev–Trinajstić information content (AvgIpc) is 2.63. The van der Waals surface area contributed by atoms with Crippen LogP contribution in [0.1, 0.15) is 22.8 Å². The molecular weight excluding hydrogens is 385 g/mol. The van der Waals surface area contributed by atoms with E-state index in [1.54, 1.807) is 37.3 Å². The third kappa shape index (κ3) is 4.30. The highest BCUT2D eigenvalue weighted by Gasteiger charge is 2.13. The van der Waals surface area contributed by atoms with E-state index in [1.165, 1.54) is 6.08 Å². The first-order chi connectivity index (χ1) is 12.8. The number of carbonyl (C=O) groups excluding carboxylic acids is 1. The Labute approximate surface area is 166 Å². The molecule has 1 amide bonds. The van der Waals surface area contributed by atoms with Crippen molar-refractivity contribution in [3.63, 3.8) is 0 Å². The summed E-state index contributed by atoms with van der Waals surface area (Å²) in [6.45, 7) is 1.76. The van der Waals surface area contributed by atoms with E-state index in [9.17, 15) is 14.7 Å². The monoisotopic (exact) mass is 399 g/mol. The van der Waals surface area contributed by atoms with E-state index in [0.29, 0.717) is 15.6 Å². The van der Waals surface area contributed by atoms with Gasteiger partial charge >= 0.3 is 5.97 Å². The Hall–Kier alpha value is -2.82. The Morgan fingerprint density at radius 3 is 2.26 bits per heavy atom. The Balaban J connectivity index is 1.91. The lowest BCUT2D eigenvalue weighted by atomic mass is 10.0. The number of amides is 1. The van der Waals surface area contributed by atoms with Crippen LogP contribution in [0, 0.1) is 0 Å². The van der Waals surface area contributed by atoms with Gasteiger partial charge < -0.3 is 10.4 Å². The second kappa shape index (κ2) is 7.82. The minimum atomic E-state index is -1.11. The van der Waals surface area contributed by atoms with Gasteiger partial charge in [-0.3, -0.25) is 4.79 Å². The van der Waals surface area contributed by atoms with E-state index in [0.717, 1.165) is 16.3 Å². The molecule has 0 unspecified atom stereocenters. The molecule has 0 aromatic heterocycles. The van der Waals surface area contributed by atoms with Gasteiger partial charge in [-0.15, -0.1) is 0 Å². The normalized spacial score (nSPS) is 11.4. The molecule has 0 fully saturated rings. The van der Waals surface area contributed by atoms with Crippen molar-refractivity contribution in [1.82, 2.24) is 0 Å². The number of hydrogen-bond acceptors (Lipinski definition) is 2. The molecule has 0 atom stereocenters. The van der Waals surface area contributed by atoms with Crippen LogP contribution in [0.4, 0.5) is 5.69 Å². The predicted octanol–water partition coefficient (Wildman–Crippen LogP) is 5.89. The molecule has 2 N–H and O–H groups in total. The van der Waals surface area contributed by atoms with Crippen LogP contribution in [-0.2, 0) is 4.79 Å². The molecule has 27 heavy (non-hydrogen) atoms. The number of rotatable bonds is 4. The summed E-state index contributed by atoms with van der Waals surface area (Å²) in [5, 5.41) is 14.6. The average molecular weight is 400 g/mol. The van der Waals surface area contributed by atoms with Gasteiger partial charge in [-0.2, -0.15) is 0 Å². The molecule has 0 spiro atoms. The molecule has 0 aliphatic rings. The third-order valence-corrected chi connectivity index (χ3v) is 4.84. The van der Waals surface area contributed by atoms with Gasteiger partial charge in [-0.25, -0.2) is 4.79 Å². The second-order valence-electron chi connectivity index (χ2n) is 6.00. The summed E-state index contributed by atoms with van der Waals surface area (Å²) in [5.41, 5.74) is 1.69. The number of benzene rings is 3. The van der Waals surface area contributed by atoms with Crippen LogP contribution in [0.25, 0.3) is 16.3 Å². The van der Waals surface area contributed by atoms with E-state index >= 15 is 0 Å². The van der Waals surface area contributed by atoms with Crippen LogP contribution in [0.5, 0.6) is 0 Å². The van der Waals surface area contributed by atoms with Crippen LogP contribution in [0.15, 0.2) is 60.7 Å². The van der Waals surface area contributed by atoms with E-state index in [-0.39, 0.29) is 11.3 Å². The van der Waals surface area contributed by atoms with Gasteiger partial charge in [-0.05, 0) is 53.1 Å². The summed E-state index contributed by atoms with van der Waals surface area (Å²) >= 11 is 11.9. The van der Waals surface area contributed by atoms with Crippen LogP contribution in [-0.4, -0.2) is 17.0 Å². The van der Waals surface area contributed by atoms with Crippen molar-refractivity contribution >= 4 is 57.1 Å². The van der Waals surface area contributed by atoms with Crippen LogP contribution >= 0.6 is 23.2 Å². The zero-order chi connectivity index (χ0) is 19.6. The summed E-state index contributed by atoms with van der Waals surface area (Å²) < 4.78 is 0. The van der Waals surface area contributed by atoms with E-state index < -0.39 is 11.9 Å². The zero-order valence-corrected chi connectivity index (χ0v) is 15.8. The molecule has 0 radical (unpaired) electrons. The van der Waals surface area contributed by atoms with Crippen molar-refractivity contribution in [3.05, 3.63) is 81.8 Å². The Morgan fingerprint density at radius 2 is 1.63 bits per heavy atom. The predicted molar refractivity (Wildman–Crippen MR) is 110 cm³/mol. The topological polar surface area (TPSA) is 66.4 Å². The number of carboxylic acid groups (broad SMARTS) is 1. The number of nitrogens with one attached hydrogen (secondary N) is 1. The molecule has 0 saturated heterocycles. The molecule has 3 rings (SSSR count). The zero-order valence-electron chi connectivity index (χ0n) is 14.3. The first-order valence-corrected chi connectivity index (χ1v) is 8.81. The maximum Gasteiger partial charge on any atom is 0.337 e. The largest absolute Gasteiger partial charge is 0.478 e. The summed E-state index contributed by atoms with van der Waals surface area (Å²) in [6.07, 6.45) is 1.39. The van der Waals surface area contributed by atoms with Crippen molar-refractivity contribution in [2.75, 3.05) is 5.32 Å². The molecule has 0 aliphatic carbocycles. The summed E-state index contributed by atoms with van der Waals surface area (Å²) in [4.78, 5) is 24.0. The van der Waals surface area contributed by atoms with Crippen molar-refractivity contribution < 1.29 is 14.7 Å². The maximum absolute atomic E-state index is 12.4. The quantitative estimate of drug-likeness (QED) is 0.537. The molecule has 3 aromatic rings. The Bertz CT molecular complexity index is 1090. The highest BCUT2D eigenvalue weighted by molar-refractivity contribution is 6.42. The van der Waals surface area contributed by atoms with Crippen molar-refractivity contribution in [2.24, 2.45) is 0 Å². The molecule has 4 nitrogen and oxygen atoms in total. The number of halogens is 2. The lowest BCUT2D eigenvalue weighted by molar-refractivity contribution is -0.111. The molecule has 0 saturated carbocycles. The van der Waals surface area contributed by atoms with Gasteiger partial charge in [0, 0.05) is 6.08 Å². The van der Waals surface area contributed by atoms with E-state index in [2.05, 4.69) is 5.32 Å². The smallest absolute Gasteiger partial charge is 0.337 e. The van der Waals surface area contributed by atoms with Gasteiger partial charge in [0.15, 0.2) is 0 Å². The molecule has 0 aliphatic heterocycles. The lowest BCUT2D eigenvalue weighted by Gasteiger charge is -2.10. The third-order valence-electron chi connectivity index (χ3n) is 4.10. The summed E-state index contributed by atoms with van der Waals surface area (Å²) in [6, 6.07) is 15.6. The number of allylic oxidation sites excluding steroid dienone is 1. The lowest BCUT2D eigenvalue weighted by Crippen LogP contribution is -2.12. The number of carbonyl (C=O) groups is 2. The minimum absolute atomic E-state index is 0.0302. The second-order valence-corrected chi connectivity index (χ2v) is 6.81. The molecule has 0 bridgehead atoms. The van der Waals surface area contributed by atoms with Crippen molar-refractivity contribution in [2.45, 2.75) is 6.92 Å². The molecule has 136 valence electrons. The molecule has 3 aromatic carbocycles. The van der Waals surface area contributed by atoms with Crippen LogP contribution < -0.4 is 5.32 Å². The maximum atomic E-state index is 12.4. The molecule has 6 heteroatoms. The number of aromatic carboxylic acids is 1. The Kier molecular flexibility index (Phi) is 5.49. The van der Waals surface area contributed by atoms with Gasteiger partial charge in [0.1, 0.15) is 0 Å². The summed E-state index contributed by atoms with van der Waals surface area (Å²) in [5.74, 6) is -1.54. The first-order valence-electron chi connectivity index (χ1n) is 8.06. The number of hydrogen-bond donors (Lipinski definition) is 2. The number of fused-ring (bicyclic) bond motifs is 1. The standard InChI is InChI=1S/C21H15Cl2NO3/c1-12(13-6-7-17(22)18(23)10-13)8-20(25)24-19-11-15-5-3-2-4-14(15)9-16(19)21(26)27/h2-11H,1H3,(H,24,25)(H,26,27)/b12-8-. The molecular formula is C21H15Cl2NO3. The van der Waals surface area contributed by atoms with Crippen molar-refractivity contribution in [3.8, 4) is 0 Å². The Morgan fingerprint density at radius 1 is 0.963 bits per heavy atom. The highest BCUT2D eigenvalue weighted by Crippen LogP contribution is 2.27. The number of carboxylic acids is 1. The fourth-order valence-corrected chi connectivity index (χ4v) is 3.01. The SMILES string of the molecule is C/C(=C/C(=O)Nc1cc2ccccc2cc1C(=O)O)c1ccc(Cl)c(Cl)c1. The summed E-state index contributed by atoms with van der Waals surface area (Å²) in [7, 11) is 0. The van der Waals surface area contributed by atoms with Gasteiger partial charge in [0.05, 0.1) is 21.3 Å². The van der Waals surface area contributed by atoms with Gasteiger partial charge in [0.2, 0.25) is 5.91 Å². The number of anilines is 1. The van der Waals surface area contributed by atoms with Gasteiger partial charge in [-0.1, -0.05) is 53.5 Å². The minimum Gasteiger partial charge on any atom is -0.478 e. The van der Waals surface area contributed by atoms with E-state index in [4.69, 9.17) is 23.2 Å².